The molecule has 2 amide bonds. The van der Waals surface area contributed by atoms with Crippen LogP contribution in [-0.4, -0.2) is 29.2 Å². The van der Waals surface area contributed by atoms with E-state index in [4.69, 9.17) is 21.1 Å². The molecule has 2 aromatic rings. The van der Waals surface area contributed by atoms with E-state index in [0.29, 0.717) is 34.5 Å². The summed E-state index contributed by atoms with van der Waals surface area (Å²) in [6.07, 6.45) is 2.41. The predicted octanol–water partition coefficient (Wildman–Crippen LogP) is 6.52. The molecule has 0 bridgehead atoms. The third-order valence-corrected chi connectivity index (χ3v) is 6.55. The SMILES string of the molecule is CC[C@@H](C)N1C(=O)S/C(=C/c2cc(OC)c(OCc3ccc(Cl)cc3)cc2Br)C1=O. The zero-order valence-electron chi connectivity index (χ0n) is 16.8. The van der Waals surface area contributed by atoms with Crippen molar-refractivity contribution in [2.24, 2.45) is 0 Å². The molecule has 1 aliphatic heterocycles. The lowest BCUT2D eigenvalue weighted by Crippen LogP contribution is -2.36. The van der Waals surface area contributed by atoms with Gasteiger partial charge in [-0.1, -0.05) is 46.6 Å². The molecule has 0 radical (unpaired) electrons. The molecule has 0 N–H and O–H groups in total. The van der Waals surface area contributed by atoms with E-state index in [-0.39, 0.29) is 17.2 Å². The molecule has 8 heteroatoms. The number of methoxy groups -OCH3 is 1. The Labute approximate surface area is 193 Å². The first-order valence-corrected chi connectivity index (χ1v) is 11.3. The highest BCUT2D eigenvalue weighted by Gasteiger charge is 2.37. The Balaban J connectivity index is 1.83. The second kappa shape index (κ2) is 9.90. The maximum absolute atomic E-state index is 12.7. The number of carbonyl (C=O) groups is 2. The molecule has 0 unspecified atom stereocenters. The lowest BCUT2D eigenvalue weighted by atomic mass is 10.1. The van der Waals surface area contributed by atoms with Gasteiger partial charge in [-0.05, 0) is 66.6 Å². The Morgan fingerprint density at radius 1 is 1.20 bits per heavy atom. The summed E-state index contributed by atoms with van der Waals surface area (Å²) in [5.74, 6) is 0.817. The highest BCUT2D eigenvalue weighted by molar-refractivity contribution is 9.10. The summed E-state index contributed by atoms with van der Waals surface area (Å²) in [5.41, 5.74) is 1.70. The summed E-state index contributed by atoms with van der Waals surface area (Å²) < 4.78 is 12.1. The van der Waals surface area contributed by atoms with Crippen molar-refractivity contribution >= 4 is 56.5 Å². The molecule has 1 fully saturated rings. The lowest BCUT2D eigenvalue weighted by molar-refractivity contribution is -0.124. The van der Waals surface area contributed by atoms with E-state index in [1.54, 1.807) is 25.3 Å². The van der Waals surface area contributed by atoms with Gasteiger partial charge in [-0.2, -0.15) is 0 Å². The van der Waals surface area contributed by atoms with Crippen molar-refractivity contribution in [3.05, 3.63) is 61.9 Å². The molecule has 1 atom stereocenters. The van der Waals surface area contributed by atoms with Gasteiger partial charge in [0.05, 0.1) is 12.0 Å². The number of imide groups is 1. The molecule has 1 aliphatic rings. The molecule has 0 spiro atoms. The van der Waals surface area contributed by atoms with Crippen molar-refractivity contribution in [1.82, 2.24) is 4.90 Å². The number of rotatable bonds is 7. The topological polar surface area (TPSA) is 55.8 Å². The molecule has 5 nitrogen and oxygen atoms in total. The molecule has 0 aromatic heterocycles. The van der Waals surface area contributed by atoms with Crippen molar-refractivity contribution < 1.29 is 19.1 Å². The number of hydrogen-bond acceptors (Lipinski definition) is 5. The zero-order valence-corrected chi connectivity index (χ0v) is 19.9. The van der Waals surface area contributed by atoms with Gasteiger partial charge in [-0.25, -0.2) is 0 Å². The average molecular weight is 511 g/mol. The van der Waals surface area contributed by atoms with Crippen LogP contribution in [0, 0.1) is 0 Å². The number of amides is 2. The van der Waals surface area contributed by atoms with E-state index in [9.17, 15) is 9.59 Å². The summed E-state index contributed by atoms with van der Waals surface area (Å²) in [4.78, 5) is 26.6. The van der Waals surface area contributed by atoms with Crippen molar-refractivity contribution in [1.29, 1.82) is 0 Å². The first-order chi connectivity index (χ1) is 14.3. The molecular weight excluding hydrogens is 490 g/mol. The van der Waals surface area contributed by atoms with E-state index in [1.165, 1.54) is 4.90 Å². The van der Waals surface area contributed by atoms with Crippen LogP contribution in [-0.2, 0) is 11.4 Å². The number of hydrogen-bond donors (Lipinski definition) is 0. The van der Waals surface area contributed by atoms with Gasteiger partial charge in [0.1, 0.15) is 6.61 Å². The molecule has 1 saturated heterocycles. The molecular formula is C22H21BrClNO4S. The van der Waals surface area contributed by atoms with Crippen molar-refractivity contribution in [3.63, 3.8) is 0 Å². The number of benzene rings is 2. The van der Waals surface area contributed by atoms with E-state index in [2.05, 4.69) is 15.9 Å². The van der Waals surface area contributed by atoms with E-state index in [1.807, 2.05) is 38.1 Å². The maximum Gasteiger partial charge on any atom is 0.293 e. The molecule has 158 valence electrons. The number of thioether (sulfide) groups is 1. The first kappa shape index (κ1) is 22.7. The number of nitrogens with zero attached hydrogens (tertiary/aromatic N) is 1. The molecule has 30 heavy (non-hydrogen) atoms. The van der Waals surface area contributed by atoms with Crippen LogP contribution in [0.5, 0.6) is 11.5 Å². The smallest absolute Gasteiger partial charge is 0.293 e. The van der Waals surface area contributed by atoms with Crippen LogP contribution >= 0.6 is 39.3 Å². The Morgan fingerprint density at radius 2 is 1.90 bits per heavy atom. The predicted molar refractivity (Wildman–Crippen MR) is 124 cm³/mol. The first-order valence-electron chi connectivity index (χ1n) is 9.35. The van der Waals surface area contributed by atoms with Gasteiger partial charge in [0, 0.05) is 15.5 Å². The fourth-order valence-corrected chi connectivity index (χ4v) is 4.34. The number of carbonyl (C=O) groups excluding carboxylic acids is 2. The minimum Gasteiger partial charge on any atom is -0.493 e. The van der Waals surface area contributed by atoms with Gasteiger partial charge in [-0.15, -0.1) is 0 Å². The van der Waals surface area contributed by atoms with Gasteiger partial charge >= 0.3 is 0 Å². The van der Waals surface area contributed by atoms with E-state index < -0.39 is 0 Å². The summed E-state index contributed by atoms with van der Waals surface area (Å²) in [5, 5.41) is 0.424. The van der Waals surface area contributed by atoms with Crippen LogP contribution in [0.15, 0.2) is 45.8 Å². The second-order valence-electron chi connectivity index (χ2n) is 6.75. The van der Waals surface area contributed by atoms with Gasteiger partial charge in [0.15, 0.2) is 11.5 Å². The molecule has 0 saturated carbocycles. The quantitative estimate of drug-likeness (QED) is 0.397. The van der Waals surface area contributed by atoms with Crippen LogP contribution in [0.1, 0.15) is 31.4 Å². The van der Waals surface area contributed by atoms with Crippen LogP contribution < -0.4 is 9.47 Å². The molecule has 0 aliphatic carbocycles. The van der Waals surface area contributed by atoms with Gasteiger partial charge in [0.2, 0.25) is 0 Å². The van der Waals surface area contributed by atoms with Gasteiger partial charge in [0.25, 0.3) is 11.1 Å². The maximum atomic E-state index is 12.7. The highest BCUT2D eigenvalue weighted by Crippen LogP contribution is 2.39. The zero-order chi connectivity index (χ0) is 21.8. The van der Waals surface area contributed by atoms with Crippen LogP contribution in [0.3, 0.4) is 0 Å². The monoisotopic (exact) mass is 509 g/mol. The van der Waals surface area contributed by atoms with Crippen LogP contribution in [0.4, 0.5) is 4.79 Å². The molecule has 2 aromatic carbocycles. The largest absolute Gasteiger partial charge is 0.493 e. The Hall–Kier alpha value is -1.96. The normalized spacial score (nSPS) is 16.3. The fraction of sp³-hybridized carbons (Fsp3) is 0.273. The standard InChI is InChI=1S/C22H21BrClNO4S/c1-4-13(2)25-21(26)20(30-22(25)27)10-15-9-18(28-3)19(11-17(15)23)29-12-14-5-7-16(24)8-6-14/h5-11,13H,4,12H2,1-3H3/b20-10+/t13-/m1/s1. The van der Waals surface area contributed by atoms with Crippen molar-refractivity contribution in [2.45, 2.75) is 32.9 Å². The average Bonchev–Trinajstić information content (AvgIpc) is 3.01. The summed E-state index contributed by atoms with van der Waals surface area (Å²) in [6, 6.07) is 10.8. The summed E-state index contributed by atoms with van der Waals surface area (Å²) in [7, 11) is 1.55. The third-order valence-electron chi connectivity index (χ3n) is 4.73. The Morgan fingerprint density at radius 3 is 2.53 bits per heavy atom. The lowest BCUT2D eigenvalue weighted by Gasteiger charge is -2.19. The molecule has 3 rings (SSSR count). The summed E-state index contributed by atoms with van der Waals surface area (Å²) >= 11 is 10.4. The third kappa shape index (κ3) is 5.02. The van der Waals surface area contributed by atoms with Gasteiger partial charge < -0.3 is 9.47 Å². The van der Waals surface area contributed by atoms with Crippen molar-refractivity contribution in [2.75, 3.05) is 7.11 Å². The highest BCUT2D eigenvalue weighted by atomic mass is 79.9. The molecule has 1 heterocycles. The van der Waals surface area contributed by atoms with Crippen LogP contribution in [0.25, 0.3) is 6.08 Å². The Bertz CT molecular complexity index is 993. The number of halogens is 2. The fourth-order valence-electron chi connectivity index (χ4n) is 2.86. The van der Waals surface area contributed by atoms with E-state index in [0.717, 1.165) is 27.4 Å². The second-order valence-corrected chi connectivity index (χ2v) is 9.03. The van der Waals surface area contributed by atoms with Gasteiger partial charge in [-0.3, -0.25) is 14.5 Å². The minimum atomic E-state index is -0.270. The minimum absolute atomic E-state index is 0.134. The van der Waals surface area contributed by atoms with Crippen LogP contribution in [0.2, 0.25) is 5.02 Å². The number of ether oxygens (including phenoxy) is 2. The summed E-state index contributed by atoms with van der Waals surface area (Å²) in [6.45, 7) is 4.17. The Kier molecular flexibility index (Phi) is 7.50. The van der Waals surface area contributed by atoms with E-state index >= 15 is 0 Å². The van der Waals surface area contributed by atoms with Crippen molar-refractivity contribution in [3.8, 4) is 11.5 Å².